The molecule has 0 spiro atoms. The molecule has 1 saturated carbocycles. The van der Waals surface area contributed by atoms with Crippen molar-refractivity contribution in [1.82, 2.24) is 5.32 Å². The van der Waals surface area contributed by atoms with Crippen molar-refractivity contribution in [3.8, 4) is 0 Å². The monoisotopic (exact) mass is 313 g/mol. The van der Waals surface area contributed by atoms with Crippen LogP contribution in [0.25, 0.3) is 0 Å². The topological polar surface area (TPSA) is 49.3 Å². The first-order chi connectivity index (χ1) is 9.67. The zero-order valence-corrected chi connectivity index (χ0v) is 12.9. The maximum absolute atomic E-state index is 11.9. The van der Waals surface area contributed by atoms with Crippen LogP contribution in [0.4, 0.5) is 0 Å². The van der Waals surface area contributed by atoms with Gasteiger partial charge < -0.3 is 10.4 Å². The van der Waals surface area contributed by atoms with Gasteiger partial charge >= 0.3 is 0 Å². The van der Waals surface area contributed by atoms with Crippen LogP contribution >= 0.6 is 23.4 Å². The zero-order valence-electron chi connectivity index (χ0n) is 11.3. The third kappa shape index (κ3) is 5.00. The number of carbonyl (C=O) groups excluding carboxylic acids is 1. The minimum Gasteiger partial charge on any atom is -0.396 e. The number of nitrogens with one attached hydrogen (secondary N) is 1. The zero-order chi connectivity index (χ0) is 14.4. The van der Waals surface area contributed by atoms with E-state index in [4.69, 9.17) is 16.7 Å². The second kappa shape index (κ2) is 7.91. The summed E-state index contributed by atoms with van der Waals surface area (Å²) in [4.78, 5) is 12.9. The number of hydrogen-bond donors (Lipinski definition) is 2. The molecule has 0 radical (unpaired) electrons. The largest absolute Gasteiger partial charge is 0.396 e. The van der Waals surface area contributed by atoms with Crippen molar-refractivity contribution in [3.63, 3.8) is 0 Å². The van der Waals surface area contributed by atoms with Gasteiger partial charge in [0.2, 0.25) is 5.91 Å². The fourth-order valence-corrected chi connectivity index (χ4v) is 3.27. The SMILES string of the molecule is O=C(CSc1ccc(Cl)cc1)NC1CCC(CO)CC1. The Balaban J connectivity index is 1.69. The predicted octanol–water partition coefficient (Wildman–Crippen LogP) is 3.10. The number of benzene rings is 1. The van der Waals surface area contributed by atoms with E-state index in [2.05, 4.69) is 5.32 Å². The van der Waals surface area contributed by atoms with E-state index >= 15 is 0 Å². The van der Waals surface area contributed by atoms with Gasteiger partial charge in [0.05, 0.1) is 5.75 Å². The summed E-state index contributed by atoms with van der Waals surface area (Å²) >= 11 is 7.34. The van der Waals surface area contributed by atoms with Crippen molar-refractivity contribution in [2.24, 2.45) is 5.92 Å². The summed E-state index contributed by atoms with van der Waals surface area (Å²) in [7, 11) is 0. The second-order valence-electron chi connectivity index (χ2n) is 5.21. The third-order valence-electron chi connectivity index (χ3n) is 3.65. The molecule has 110 valence electrons. The molecule has 5 heteroatoms. The number of thioether (sulfide) groups is 1. The molecule has 0 aromatic heterocycles. The third-order valence-corrected chi connectivity index (χ3v) is 4.92. The Hall–Kier alpha value is -0.710. The molecule has 0 atom stereocenters. The summed E-state index contributed by atoms with van der Waals surface area (Å²) in [6.45, 7) is 0.271. The van der Waals surface area contributed by atoms with Crippen molar-refractivity contribution in [2.45, 2.75) is 36.6 Å². The summed E-state index contributed by atoms with van der Waals surface area (Å²) in [6.07, 6.45) is 3.96. The Bertz CT molecular complexity index is 430. The molecule has 0 saturated heterocycles. The van der Waals surface area contributed by atoms with Gasteiger partial charge in [0.25, 0.3) is 0 Å². The van der Waals surface area contributed by atoms with Crippen LogP contribution in [0.1, 0.15) is 25.7 Å². The molecule has 1 aliphatic carbocycles. The molecule has 1 aromatic carbocycles. The van der Waals surface area contributed by atoms with Crippen molar-refractivity contribution >= 4 is 29.3 Å². The van der Waals surface area contributed by atoms with E-state index in [9.17, 15) is 4.79 Å². The first-order valence-electron chi connectivity index (χ1n) is 6.96. The van der Waals surface area contributed by atoms with Crippen LogP contribution in [0.5, 0.6) is 0 Å². The molecule has 1 fully saturated rings. The van der Waals surface area contributed by atoms with Crippen LogP contribution in [-0.2, 0) is 4.79 Å². The number of carbonyl (C=O) groups is 1. The van der Waals surface area contributed by atoms with E-state index in [1.807, 2.05) is 24.3 Å². The van der Waals surface area contributed by atoms with Gasteiger partial charge in [-0.25, -0.2) is 0 Å². The number of halogens is 1. The summed E-state index contributed by atoms with van der Waals surface area (Å²) in [6, 6.07) is 7.78. The first kappa shape index (κ1) is 15.7. The van der Waals surface area contributed by atoms with E-state index in [1.165, 1.54) is 11.8 Å². The van der Waals surface area contributed by atoms with Crippen LogP contribution in [0.3, 0.4) is 0 Å². The summed E-state index contributed by atoms with van der Waals surface area (Å²) in [5.41, 5.74) is 0. The highest BCUT2D eigenvalue weighted by atomic mass is 35.5. The van der Waals surface area contributed by atoms with E-state index in [0.29, 0.717) is 16.7 Å². The fourth-order valence-electron chi connectivity index (χ4n) is 2.44. The van der Waals surface area contributed by atoms with E-state index in [0.717, 1.165) is 30.6 Å². The highest BCUT2D eigenvalue weighted by Crippen LogP contribution is 2.24. The van der Waals surface area contributed by atoms with Gasteiger partial charge in [0, 0.05) is 22.6 Å². The van der Waals surface area contributed by atoms with Gasteiger partial charge in [-0.2, -0.15) is 0 Å². The first-order valence-corrected chi connectivity index (χ1v) is 8.32. The van der Waals surface area contributed by atoms with Gasteiger partial charge in [-0.15, -0.1) is 11.8 Å². The van der Waals surface area contributed by atoms with Crippen molar-refractivity contribution in [2.75, 3.05) is 12.4 Å². The molecular formula is C15H20ClNO2S. The molecule has 1 aromatic rings. The molecule has 0 aliphatic heterocycles. The maximum Gasteiger partial charge on any atom is 0.230 e. The van der Waals surface area contributed by atoms with Crippen LogP contribution < -0.4 is 5.32 Å². The van der Waals surface area contributed by atoms with E-state index < -0.39 is 0 Å². The molecule has 1 aliphatic rings. The van der Waals surface area contributed by atoms with E-state index in [1.54, 1.807) is 0 Å². The molecular weight excluding hydrogens is 294 g/mol. The maximum atomic E-state index is 11.9. The van der Waals surface area contributed by atoms with Crippen LogP contribution in [0.2, 0.25) is 5.02 Å². The Morgan fingerprint density at radius 3 is 2.50 bits per heavy atom. The Labute approximate surface area is 129 Å². The lowest BCUT2D eigenvalue weighted by atomic mass is 9.86. The number of rotatable bonds is 5. The quantitative estimate of drug-likeness (QED) is 0.821. The minimum atomic E-state index is 0.0809. The average Bonchev–Trinajstić information content (AvgIpc) is 2.47. The summed E-state index contributed by atoms with van der Waals surface area (Å²) in [5.74, 6) is 0.936. The summed E-state index contributed by atoms with van der Waals surface area (Å²) in [5, 5.41) is 12.9. The number of hydrogen-bond acceptors (Lipinski definition) is 3. The van der Waals surface area contributed by atoms with E-state index in [-0.39, 0.29) is 18.6 Å². The molecule has 0 bridgehead atoms. The fraction of sp³-hybridized carbons (Fsp3) is 0.533. The van der Waals surface area contributed by atoms with Crippen molar-refractivity contribution < 1.29 is 9.90 Å². The smallest absolute Gasteiger partial charge is 0.230 e. The lowest BCUT2D eigenvalue weighted by Gasteiger charge is -2.27. The number of aliphatic hydroxyl groups is 1. The minimum absolute atomic E-state index is 0.0809. The number of amides is 1. The highest BCUT2D eigenvalue weighted by Gasteiger charge is 2.21. The van der Waals surface area contributed by atoms with Gasteiger partial charge in [-0.05, 0) is 55.9 Å². The standard InChI is InChI=1S/C15H20ClNO2S/c16-12-3-7-14(8-4-12)20-10-15(19)17-13-5-1-11(9-18)2-6-13/h3-4,7-8,11,13,18H,1-2,5-6,9-10H2,(H,17,19). The summed E-state index contributed by atoms with van der Waals surface area (Å²) < 4.78 is 0. The number of aliphatic hydroxyl groups excluding tert-OH is 1. The lowest BCUT2D eigenvalue weighted by Crippen LogP contribution is -2.38. The molecule has 1 amide bonds. The molecule has 20 heavy (non-hydrogen) atoms. The molecule has 3 nitrogen and oxygen atoms in total. The Morgan fingerprint density at radius 2 is 1.90 bits per heavy atom. The Kier molecular flexibility index (Phi) is 6.20. The van der Waals surface area contributed by atoms with Gasteiger partial charge in [0.15, 0.2) is 0 Å². The molecule has 2 N–H and O–H groups in total. The van der Waals surface area contributed by atoms with Crippen LogP contribution in [0.15, 0.2) is 29.2 Å². The van der Waals surface area contributed by atoms with Crippen LogP contribution in [-0.4, -0.2) is 29.4 Å². The molecule has 0 unspecified atom stereocenters. The predicted molar refractivity (Wildman–Crippen MR) is 83.2 cm³/mol. The molecule has 2 rings (SSSR count). The van der Waals surface area contributed by atoms with Gasteiger partial charge in [-0.3, -0.25) is 4.79 Å². The normalized spacial score (nSPS) is 22.5. The van der Waals surface area contributed by atoms with Crippen molar-refractivity contribution in [3.05, 3.63) is 29.3 Å². The van der Waals surface area contributed by atoms with Crippen molar-refractivity contribution in [1.29, 1.82) is 0 Å². The average molecular weight is 314 g/mol. The molecule has 0 heterocycles. The lowest BCUT2D eigenvalue weighted by molar-refractivity contribution is -0.119. The Morgan fingerprint density at radius 1 is 1.25 bits per heavy atom. The van der Waals surface area contributed by atoms with Gasteiger partial charge in [0.1, 0.15) is 0 Å². The van der Waals surface area contributed by atoms with Crippen LogP contribution in [0, 0.1) is 5.92 Å². The van der Waals surface area contributed by atoms with Gasteiger partial charge in [-0.1, -0.05) is 11.6 Å². The second-order valence-corrected chi connectivity index (χ2v) is 6.70. The highest BCUT2D eigenvalue weighted by molar-refractivity contribution is 8.00.